The largest absolute Gasteiger partial charge is 0.481 e. The van der Waals surface area contributed by atoms with Crippen LogP contribution in [-0.4, -0.2) is 69.2 Å². The van der Waals surface area contributed by atoms with Gasteiger partial charge >= 0.3 is 11.9 Å². The van der Waals surface area contributed by atoms with Gasteiger partial charge in [0.05, 0.1) is 17.9 Å². The molecule has 5 aliphatic rings. The van der Waals surface area contributed by atoms with E-state index in [1.165, 1.54) is 4.90 Å². The molecule has 56 heavy (non-hydrogen) atoms. The summed E-state index contributed by atoms with van der Waals surface area (Å²) in [5, 5.41) is 32.6. The Labute approximate surface area is 339 Å². The zero-order valence-electron chi connectivity index (χ0n) is 35.2. The quantitative estimate of drug-likeness (QED) is 0.190. The highest BCUT2D eigenvalue weighted by molar-refractivity contribution is 6.30. The van der Waals surface area contributed by atoms with Gasteiger partial charge in [-0.2, -0.15) is 0 Å². The molecule has 1 amide bonds. The molecule has 5 aliphatic carbocycles. The Hall–Kier alpha value is -2.75. The van der Waals surface area contributed by atoms with Crippen molar-refractivity contribution >= 4 is 35.2 Å². The lowest BCUT2D eigenvalue weighted by molar-refractivity contribution is -0.235. The minimum Gasteiger partial charge on any atom is -0.481 e. The van der Waals surface area contributed by atoms with E-state index in [1.807, 2.05) is 12.1 Å². The second kappa shape index (κ2) is 14.8. The Kier molecular flexibility index (Phi) is 11.3. The maximum absolute atomic E-state index is 14.2. The van der Waals surface area contributed by atoms with Gasteiger partial charge in [-0.05, 0) is 128 Å². The number of carboxylic acid groups (broad SMARTS) is 1. The number of hydrogen-bond acceptors (Lipinski definition) is 7. The lowest BCUT2D eigenvalue weighted by Gasteiger charge is -2.72. The Balaban J connectivity index is 1.29. The van der Waals surface area contributed by atoms with E-state index in [-0.39, 0.29) is 71.3 Å². The SMILES string of the molecule is CC(C)C1=C2[C@H]3CC[C@@H]4[C@@]5(C)CC[C@@H](OC(=O)CC(C)(C)C(=O)O)C(C)(C)[C@@H]5CC[C@@]4(C)[C@]3(C)CC[C@@]2([C@@H](O)CN(Cc2ccc(Cl)cc2)C(=O)CO)CC1=O. The second-order valence-corrected chi connectivity index (χ2v) is 21.1. The average Bonchev–Trinajstić information content (AvgIpc) is 3.43. The summed E-state index contributed by atoms with van der Waals surface area (Å²) < 4.78 is 6.16. The number of fused-ring (bicyclic) bond motifs is 7. The topological polar surface area (TPSA) is 141 Å². The predicted molar refractivity (Wildman–Crippen MR) is 215 cm³/mol. The zero-order valence-corrected chi connectivity index (χ0v) is 35.9. The minimum absolute atomic E-state index is 0.00295. The Morgan fingerprint density at radius 3 is 2.20 bits per heavy atom. The molecule has 0 aliphatic heterocycles. The van der Waals surface area contributed by atoms with Crippen LogP contribution in [0.15, 0.2) is 35.4 Å². The number of rotatable bonds is 11. The highest BCUT2D eigenvalue weighted by Gasteiger charge is 2.71. The number of allylic oxidation sites excluding steroid dienone is 1. The van der Waals surface area contributed by atoms with Crippen molar-refractivity contribution in [3.63, 3.8) is 0 Å². The van der Waals surface area contributed by atoms with Crippen molar-refractivity contribution in [2.24, 2.45) is 56.2 Å². The molecular weight excluding hydrogens is 730 g/mol. The summed E-state index contributed by atoms with van der Waals surface area (Å²) in [4.78, 5) is 53.8. The summed E-state index contributed by atoms with van der Waals surface area (Å²) in [6.45, 7) is 18.8. The van der Waals surface area contributed by atoms with Crippen LogP contribution in [0.25, 0.3) is 0 Å². The number of benzene rings is 1. The summed E-state index contributed by atoms with van der Waals surface area (Å²) in [7, 11) is 0. The maximum atomic E-state index is 14.2. The van der Waals surface area contributed by atoms with Gasteiger partial charge in [-0.3, -0.25) is 19.2 Å². The fourth-order valence-corrected chi connectivity index (χ4v) is 13.6. The van der Waals surface area contributed by atoms with E-state index in [2.05, 4.69) is 48.5 Å². The number of ether oxygens (including phenoxy) is 1. The number of carboxylic acids is 1. The fraction of sp³-hybridized carbons (Fsp3) is 0.739. The Bertz CT molecular complexity index is 1770. The first-order valence-electron chi connectivity index (χ1n) is 21.0. The number of aliphatic carboxylic acids is 1. The van der Waals surface area contributed by atoms with Crippen LogP contribution < -0.4 is 0 Å². The summed E-state index contributed by atoms with van der Waals surface area (Å²) in [6.07, 6.45) is 5.88. The van der Waals surface area contributed by atoms with Gasteiger partial charge in [-0.1, -0.05) is 77.8 Å². The van der Waals surface area contributed by atoms with Gasteiger partial charge in [0.1, 0.15) is 12.7 Å². The van der Waals surface area contributed by atoms with Crippen LogP contribution in [-0.2, 0) is 30.5 Å². The molecule has 1 aromatic rings. The Morgan fingerprint density at radius 1 is 0.929 bits per heavy atom. The number of carbonyl (C=O) groups excluding carboxylic acids is 3. The van der Waals surface area contributed by atoms with E-state index in [0.717, 1.165) is 61.7 Å². The van der Waals surface area contributed by atoms with Crippen molar-refractivity contribution < 1.29 is 39.2 Å². The third-order valence-corrected chi connectivity index (χ3v) is 16.9. The predicted octanol–water partition coefficient (Wildman–Crippen LogP) is 8.42. The number of halogens is 1. The van der Waals surface area contributed by atoms with Crippen molar-refractivity contribution in [1.29, 1.82) is 0 Å². The van der Waals surface area contributed by atoms with E-state index in [1.54, 1.807) is 26.0 Å². The molecule has 9 atom stereocenters. The first kappa shape index (κ1) is 42.8. The molecule has 0 aromatic heterocycles. The molecule has 10 heteroatoms. The molecule has 4 fully saturated rings. The van der Waals surface area contributed by atoms with E-state index in [4.69, 9.17) is 16.3 Å². The van der Waals surface area contributed by atoms with E-state index < -0.39 is 41.4 Å². The van der Waals surface area contributed by atoms with Crippen LogP contribution >= 0.6 is 11.6 Å². The zero-order chi connectivity index (χ0) is 41.4. The van der Waals surface area contributed by atoms with Gasteiger partial charge in [0, 0.05) is 35.4 Å². The molecule has 0 saturated heterocycles. The molecular formula is C46H66ClNO8. The molecule has 0 unspecified atom stereocenters. The number of aliphatic hydroxyl groups excluding tert-OH is 2. The van der Waals surface area contributed by atoms with Crippen molar-refractivity contribution in [3.8, 4) is 0 Å². The van der Waals surface area contributed by atoms with Crippen molar-refractivity contribution in [2.75, 3.05) is 13.2 Å². The third kappa shape index (κ3) is 6.77. The minimum atomic E-state index is -1.19. The highest BCUT2D eigenvalue weighted by atomic mass is 35.5. The number of ketones is 1. The third-order valence-electron chi connectivity index (χ3n) is 16.7. The molecule has 0 spiro atoms. The average molecular weight is 796 g/mol. The molecule has 0 heterocycles. The summed E-state index contributed by atoms with van der Waals surface area (Å²) in [5.74, 6) is -0.993. The Morgan fingerprint density at radius 2 is 1.59 bits per heavy atom. The number of carbonyl (C=O) groups is 4. The number of hydrogen-bond donors (Lipinski definition) is 3. The van der Waals surface area contributed by atoms with Gasteiger partial charge in [-0.25, -0.2) is 0 Å². The van der Waals surface area contributed by atoms with Gasteiger partial charge in [0.15, 0.2) is 5.78 Å². The van der Waals surface area contributed by atoms with Crippen LogP contribution in [0.3, 0.4) is 0 Å². The first-order chi connectivity index (χ1) is 26.0. The molecule has 0 radical (unpaired) electrons. The maximum Gasteiger partial charge on any atom is 0.309 e. The fourth-order valence-electron chi connectivity index (χ4n) is 13.5. The summed E-state index contributed by atoms with van der Waals surface area (Å²) in [5.41, 5.74) is 0.393. The van der Waals surface area contributed by atoms with Crippen molar-refractivity contribution in [2.45, 2.75) is 145 Å². The number of Topliss-reactive ketones (excluding diaryl/α,β-unsaturated/α-hetero) is 1. The first-order valence-corrected chi connectivity index (χ1v) is 21.4. The van der Waals surface area contributed by atoms with E-state index in [0.29, 0.717) is 23.3 Å². The van der Waals surface area contributed by atoms with Gasteiger partial charge < -0.3 is 25.0 Å². The van der Waals surface area contributed by atoms with Crippen LogP contribution in [0.2, 0.25) is 5.02 Å². The van der Waals surface area contributed by atoms with Crippen molar-refractivity contribution in [3.05, 3.63) is 46.0 Å². The highest BCUT2D eigenvalue weighted by Crippen LogP contribution is 2.77. The molecule has 3 N–H and O–H groups in total. The smallest absolute Gasteiger partial charge is 0.309 e. The summed E-state index contributed by atoms with van der Waals surface area (Å²) in [6, 6.07) is 7.21. The molecule has 6 rings (SSSR count). The molecule has 0 bridgehead atoms. The molecule has 4 saturated carbocycles. The number of nitrogens with zero attached hydrogens (tertiary/aromatic N) is 1. The number of esters is 1. The van der Waals surface area contributed by atoms with Crippen LogP contribution in [0.1, 0.15) is 132 Å². The van der Waals surface area contributed by atoms with Crippen LogP contribution in [0, 0.1) is 56.2 Å². The van der Waals surface area contributed by atoms with Gasteiger partial charge in [-0.15, -0.1) is 0 Å². The second-order valence-electron chi connectivity index (χ2n) is 20.6. The standard InChI is InChI=1S/C46H66ClNO8/c1-27(2)38-31(50)22-46(34(51)25-48(36(52)26-49)24-28-10-12-29(47)13-11-28)21-20-44(8)30(39(38)46)14-15-33-43(7)18-17-35(56-37(53)23-41(3,4)40(54)55)42(5,6)32(43)16-19-45(33,44)9/h10-13,27,30,32-35,49,51H,14-26H2,1-9H3,(H,54,55)/t30-,32+,33-,34+,35-,43+,44-,45-,46+/m1/s1. The van der Waals surface area contributed by atoms with Crippen LogP contribution in [0.4, 0.5) is 0 Å². The molecule has 9 nitrogen and oxygen atoms in total. The number of aliphatic hydroxyl groups is 2. The molecule has 1 aromatic carbocycles. The lowest BCUT2D eigenvalue weighted by Crippen LogP contribution is -2.66. The van der Waals surface area contributed by atoms with Gasteiger partial charge in [0.25, 0.3) is 0 Å². The number of amides is 1. The lowest BCUT2D eigenvalue weighted by atomic mass is 9.33. The monoisotopic (exact) mass is 795 g/mol. The van der Waals surface area contributed by atoms with E-state index in [9.17, 15) is 34.5 Å². The van der Waals surface area contributed by atoms with Gasteiger partial charge in [0.2, 0.25) is 5.91 Å². The normalized spacial score (nSPS) is 35.6. The summed E-state index contributed by atoms with van der Waals surface area (Å²) >= 11 is 6.13. The van der Waals surface area contributed by atoms with E-state index >= 15 is 0 Å². The molecule has 310 valence electrons. The van der Waals surface area contributed by atoms with Crippen LogP contribution in [0.5, 0.6) is 0 Å². The van der Waals surface area contributed by atoms with Crippen molar-refractivity contribution in [1.82, 2.24) is 4.90 Å².